The Morgan fingerprint density at radius 3 is 2.25 bits per heavy atom. The van der Waals surface area contributed by atoms with Gasteiger partial charge >= 0.3 is 0 Å². The monoisotopic (exact) mass is 274 g/mol. The maximum absolute atomic E-state index is 11.4. The molecule has 0 saturated heterocycles. The van der Waals surface area contributed by atoms with Crippen LogP contribution in [0, 0.1) is 0 Å². The Morgan fingerprint density at radius 2 is 1.80 bits per heavy atom. The second-order valence-corrected chi connectivity index (χ2v) is 4.69. The Kier molecular flexibility index (Phi) is 5.97. The second kappa shape index (κ2) is 7.48. The van der Waals surface area contributed by atoms with Gasteiger partial charge in [-0.2, -0.15) is 0 Å². The molecule has 0 atom stereocenters. The first-order chi connectivity index (χ1) is 9.45. The van der Waals surface area contributed by atoms with E-state index in [2.05, 4.69) is 11.9 Å². The molecule has 0 radical (unpaired) electrons. The van der Waals surface area contributed by atoms with Gasteiger partial charge in [0.2, 0.25) is 5.91 Å². The van der Waals surface area contributed by atoms with Crippen molar-refractivity contribution in [1.82, 2.24) is 0 Å². The van der Waals surface area contributed by atoms with Crippen LogP contribution >= 0.6 is 0 Å². The minimum Gasteiger partial charge on any atom is -0.385 e. The molecule has 1 amide bonds. The third kappa shape index (κ3) is 4.53. The summed E-state index contributed by atoms with van der Waals surface area (Å²) in [6, 6.07) is 7.61. The normalized spacial score (nSPS) is 9.95. The number of ketones is 1. The Hall–Kier alpha value is -2.10. The van der Waals surface area contributed by atoms with E-state index in [1.54, 1.807) is 18.7 Å². The largest absolute Gasteiger partial charge is 0.385 e. The lowest BCUT2D eigenvalue weighted by Crippen LogP contribution is -2.27. The van der Waals surface area contributed by atoms with Gasteiger partial charge in [0.15, 0.2) is 5.78 Å². The van der Waals surface area contributed by atoms with Crippen LogP contribution in [0.4, 0.5) is 11.4 Å². The van der Waals surface area contributed by atoms with E-state index in [0.29, 0.717) is 25.1 Å². The zero-order chi connectivity index (χ0) is 15.1. The van der Waals surface area contributed by atoms with Crippen LogP contribution in [0.15, 0.2) is 36.4 Å². The van der Waals surface area contributed by atoms with Gasteiger partial charge in [0.1, 0.15) is 0 Å². The van der Waals surface area contributed by atoms with Gasteiger partial charge in [0.25, 0.3) is 0 Å². The molecular formula is C16H22N2O2. The van der Waals surface area contributed by atoms with Crippen LogP contribution in [0.5, 0.6) is 0 Å². The molecule has 4 nitrogen and oxygen atoms in total. The molecule has 1 N–H and O–H groups in total. The Morgan fingerprint density at radius 1 is 1.20 bits per heavy atom. The minimum atomic E-state index is 0.0280. The molecule has 1 aromatic carbocycles. The van der Waals surface area contributed by atoms with E-state index in [1.165, 1.54) is 0 Å². The fourth-order valence-corrected chi connectivity index (χ4v) is 1.88. The van der Waals surface area contributed by atoms with E-state index in [4.69, 9.17) is 0 Å². The maximum atomic E-state index is 11.4. The van der Waals surface area contributed by atoms with Gasteiger partial charge in [-0.3, -0.25) is 9.59 Å². The van der Waals surface area contributed by atoms with Crippen LogP contribution in [0.25, 0.3) is 0 Å². The van der Waals surface area contributed by atoms with Crippen molar-refractivity contribution in [2.75, 3.05) is 23.3 Å². The number of nitrogens with zero attached hydrogens (tertiary/aromatic N) is 1. The highest BCUT2D eigenvalue weighted by Gasteiger charge is 2.08. The van der Waals surface area contributed by atoms with Crippen molar-refractivity contribution < 1.29 is 9.59 Å². The van der Waals surface area contributed by atoms with E-state index in [9.17, 15) is 9.59 Å². The lowest BCUT2D eigenvalue weighted by molar-refractivity contribution is -0.116. The Balaban J connectivity index is 2.56. The molecule has 0 aliphatic rings. The van der Waals surface area contributed by atoms with E-state index in [1.807, 2.05) is 31.2 Å². The molecule has 0 aromatic heterocycles. The lowest BCUT2D eigenvalue weighted by atomic mass is 10.1. The molecule has 1 rings (SSSR count). The molecule has 1 aromatic rings. The Labute approximate surface area is 120 Å². The minimum absolute atomic E-state index is 0.0280. The number of hydrogen-bond acceptors (Lipinski definition) is 3. The summed E-state index contributed by atoms with van der Waals surface area (Å²) in [5, 5.41) is 3.18. The zero-order valence-electron chi connectivity index (χ0n) is 12.4. The van der Waals surface area contributed by atoms with Gasteiger partial charge in [0.05, 0.1) is 0 Å². The molecule has 0 saturated carbocycles. The highest BCUT2D eigenvalue weighted by Crippen LogP contribution is 2.18. The molecule has 0 spiro atoms. The smallest absolute Gasteiger partial charge is 0.223 e. The number of rotatable bonds is 7. The lowest BCUT2D eigenvalue weighted by Gasteiger charge is -2.19. The van der Waals surface area contributed by atoms with Crippen LogP contribution < -0.4 is 10.2 Å². The number of hydrogen-bond donors (Lipinski definition) is 1. The molecule has 0 unspecified atom stereocenters. The zero-order valence-corrected chi connectivity index (χ0v) is 12.4. The molecule has 20 heavy (non-hydrogen) atoms. The number of carbonyl (C=O) groups is 2. The van der Waals surface area contributed by atoms with Crippen molar-refractivity contribution >= 4 is 23.1 Å². The predicted octanol–water partition coefficient (Wildman–Crippen LogP) is 3.01. The third-order valence-electron chi connectivity index (χ3n) is 3.03. The molecule has 0 fully saturated rings. The fraction of sp³-hybridized carbons (Fsp3) is 0.375. The molecular weight excluding hydrogens is 252 g/mol. The number of carbonyl (C=O) groups excluding carboxylic acids is 2. The van der Waals surface area contributed by atoms with Crippen molar-refractivity contribution in [2.24, 2.45) is 0 Å². The molecule has 0 heterocycles. The molecule has 108 valence electrons. The SMILES string of the molecule is C=C(C)C(=O)CCNc1ccc(N(CC)C(C)=O)cc1. The number of benzene rings is 1. The first-order valence-corrected chi connectivity index (χ1v) is 6.76. The highest BCUT2D eigenvalue weighted by atomic mass is 16.2. The van der Waals surface area contributed by atoms with Crippen molar-refractivity contribution in [3.8, 4) is 0 Å². The first-order valence-electron chi connectivity index (χ1n) is 6.76. The first kappa shape index (κ1) is 16.0. The van der Waals surface area contributed by atoms with E-state index >= 15 is 0 Å². The second-order valence-electron chi connectivity index (χ2n) is 4.69. The van der Waals surface area contributed by atoms with E-state index in [-0.39, 0.29) is 11.7 Å². The molecule has 0 aliphatic carbocycles. The van der Waals surface area contributed by atoms with Gasteiger partial charge in [-0.25, -0.2) is 0 Å². The maximum Gasteiger partial charge on any atom is 0.223 e. The summed E-state index contributed by atoms with van der Waals surface area (Å²) in [7, 11) is 0. The van der Waals surface area contributed by atoms with E-state index in [0.717, 1.165) is 11.4 Å². The van der Waals surface area contributed by atoms with Gasteiger partial charge in [0, 0.05) is 37.8 Å². The number of Topliss-reactive ketones (excluding diaryl/α,β-unsaturated/α-hetero) is 1. The van der Waals surface area contributed by atoms with Crippen LogP contribution in [-0.4, -0.2) is 24.8 Å². The summed E-state index contributed by atoms with van der Waals surface area (Å²) in [4.78, 5) is 24.5. The van der Waals surface area contributed by atoms with Crippen LogP contribution in [-0.2, 0) is 9.59 Å². The van der Waals surface area contributed by atoms with Crippen molar-refractivity contribution in [3.63, 3.8) is 0 Å². The summed E-state index contributed by atoms with van der Waals surface area (Å²) in [5.74, 6) is 0.100. The molecule has 0 bridgehead atoms. The fourth-order valence-electron chi connectivity index (χ4n) is 1.88. The number of nitrogens with one attached hydrogen (secondary N) is 1. The van der Waals surface area contributed by atoms with Crippen LogP contribution in [0.3, 0.4) is 0 Å². The summed E-state index contributed by atoms with van der Waals surface area (Å²) < 4.78 is 0. The summed E-state index contributed by atoms with van der Waals surface area (Å²) in [6.45, 7) is 10.1. The van der Waals surface area contributed by atoms with Gasteiger partial charge in [-0.1, -0.05) is 6.58 Å². The van der Waals surface area contributed by atoms with Gasteiger partial charge in [-0.15, -0.1) is 0 Å². The van der Waals surface area contributed by atoms with Crippen molar-refractivity contribution in [3.05, 3.63) is 36.4 Å². The topological polar surface area (TPSA) is 49.4 Å². The number of allylic oxidation sites excluding steroid dienone is 1. The average molecular weight is 274 g/mol. The summed E-state index contributed by atoms with van der Waals surface area (Å²) in [6.07, 6.45) is 0.436. The van der Waals surface area contributed by atoms with Crippen LogP contribution in [0.1, 0.15) is 27.2 Å². The quantitative estimate of drug-likeness (QED) is 0.778. The third-order valence-corrected chi connectivity index (χ3v) is 3.03. The summed E-state index contributed by atoms with van der Waals surface area (Å²) >= 11 is 0. The van der Waals surface area contributed by atoms with Crippen molar-refractivity contribution in [2.45, 2.75) is 27.2 Å². The Bertz CT molecular complexity index is 492. The standard InChI is InChI=1S/C16H22N2O2/c1-5-18(13(4)19)15-8-6-14(7-9-15)17-11-10-16(20)12(2)3/h6-9,17H,2,5,10-11H2,1,3-4H3. The number of anilines is 2. The van der Waals surface area contributed by atoms with E-state index < -0.39 is 0 Å². The van der Waals surface area contributed by atoms with Crippen LogP contribution in [0.2, 0.25) is 0 Å². The molecule has 4 heteroatoms. The van der Waals surface area contributed by atoms with Crippen molar-refractivity contribution in [1.29, 1.82) is 0 Å². The average Bonchev–Trinajstić information content (AvgIpc) is 2.40. The van der Waals surface area contributed by atoms with Gasteiger partial charge < -0.3 is 10.2 Å². The summed E-state index contributed by atoms with van der Waals surface area (Å²) in [5.41, 5.74) is 2.40. The number of amides is 1. The van der Waals surface area contributed by atoms with Gasteiger partial charge in [-0.05, 0) is 43.7 Å². The molecule has 0 aliphatic heterocycles. The highest BCUT2D eigenvalue weighted by molar-refractivity contribution is 5.94. The predicted molar refractivity (Wildman–Crippen MR) is 83.1 cm³/mol.